The van der Waals surface area contributed by atoms with Gasteiger partial charge in [0.2, 0.25) is 0 Å². The average molecular weight is 167 g/mol. The zero-order valence-corrected chi connectivity index (χ0v) is 7.95. The van der Waals surface area contributed by atoms with E-state index in [-0.39, 0.29) is 11.6 Å². The molecule has 0 radical (unpaired) electrons. The van der Waals surface area contributed by atoms with Gasteiger partial charge in [-0.25, -0.2) is 0 Å². The number of halogens is 1. The van der Waals surface area contributed by atoms with Gasteiger partial charge in [0.05, 0.1) is 0 Å². The molecule has 62 valence electrons. The number of hydrogen-bond acceptors (Lipinski definition) is 2. The minimum absolute atomic E-state index is 0.225. The Labute approximate surface area is 67.5 Å². The highest BCUT2D eigenvalue weighted by Gasteiger charge is 2.11. The Bertz CT molecular complexity index is 94.3. The maximum absolute atomic E-state index is 10.2. The Balaban J connectivity index is 0. The quantitative estimate of drug-likeness (QED) is 0.408. The van der Waals surface area contributed by atoms with E-state index in [1.807, 2.05) is 20.8 Å². The second-order valence-corrected chi connectivity index (χ2v) is 2.71. The average Bonchev–Trinajstić information content (AvgIpc) is 1.64. The second kappa shape index (κ2) is 5.54. The van der Waals surface area contributed by atoms with Crippen molar-refractivity contribution in [2.45, 2.75) is 33.3 Å². The SMILES string of the molecule is CC(=O)OC(C)(C)C.CCl. The Morgan fingerprint density at radius 1 is 1.30 bits per heavy atom. The van der Waals surface area contributed by atoms with Gasteiger partial charge in [-0.2, -0.15) is 0 Å². The molecule has 0 fully saturated rings. The van der Waals surface area contributed by atoms with Crippen LogP contribution in [0.3, 0.4) is 0 Å². The predicted octanol–water partition coefficient (Wildman–Crippen LogP) is 2.20. The summed E-state index contributed by atoms with van der Waals surface area (Å²) >= 11 is 4.64. The van der Waals surface area contributed by atoms with Gasteiger partial charge in [-0.15, -0.1) is 11.6 Å². The van der Waals surface area contributed by atoms with Crippen molar-refractivity contribution in [3.63, 3.8) is 0 Å². The molecule has 0 saturated carbocycles. The molecule has 0 rings (SSSR count). The zero-order valence-electron chi connectivity index (χ0n) is 7.19. The van der Waals surface area contributed by atoms with Gasteiger partial charge >= 0.3 is 5.97 Å². The molecule has 0 aliphatic rings. The summed E-state index contributed by atoms with van der Waals surface area (Å²) in [6.07, 6.45) is 1.47. The fraction of sp³-hybridized carbons (Fsp3) is 0.857. The molecule has 3 heteroatoms. The van der Waals surface area contributed by atoms with E-state index in [2.05, 4.69) is 11.6 Å². The van der Waals surface area contributed by atoms with E-state index in [9.17, 15) is 4.79 Å². The van der Waals surface area contributed by atoms with Crippen LogP contribution in [0.2, 0.25) is 0 Å². The summed E-state index contributed by atoms with van der Waals surface area (Å²) in [5.41, 5.74) is -0.328. The van der Waals surface area contributed by atoms with Crippen LogP contribution < -0.4 is 0 Å². The van der Waals surface area contributed by atoms with Crippen molar-refractivity contribution < 1.29 is 9.53 Å². The van der Waals surface area contributed by atoms with E-state index in [4.69, 9.17) is 4.74 Å². The molecule has 0 aliphatic carbocycles. The molecule has 0 bridgehead atoms. The van der Waals surface area contributed by atoms with Gasteiger partial charge in [-0.05, 0) is 20.8 Å². The topological polar surface area (TPSA) is 26.3 Å². The molecule has 0 atom stereocenters. The Hall–Kier alpha value is -0.240. The summed E-state index contributed by atoms with van der Waals surface area (Å²) in [5, 5.41) is 0. The lowest BCUT2D eigenvalue weighted by Gasteiger charge is -2.17. The van der Waals surface area contributed by atoms with Crippen LogP contribution in [-0.4, -0.2) is 18.0 Å². The minimum Gasteiger partial charge on any atom is -0.460 e. The van der Waals surface area contributed by atoms with Crippen molar-refractivity contribution in [3.8, 4) is 0 Å². The number of ether oxygens (including phenoxy) is 1. The van der Waals surface area contributed by atoms with Crippen LogP contribution in [0.25, 0.3) is 0 Å². The van der Waals surface area contributed by atoms with Crippen molar-refractivity contribution in [1.29, 1.82) is 0 Å². The monoisotopic (exact) mass is 166 g/mol. The van der Waals surface area contributed by atoms with E-state index < -0.39 is 0 Å². The number of carbonyl (C=O) groups excluding carboxylic acids is 1. The van der Waals surface area contributed by atoms with Gasteiger partial charge in [0.15, 0.2) is 0 Å². The molecule has 0 amide bonds. The smallest absolute Gasteiger partial charge is 0.303 e. The van der Waals surface area contributed by atoms with Crippen LogP contribution >= 0.6 is 11.6 Å². The zero-order chi connectivity index (χ0) is 8.78. The summed E-state index contributed by atoms with van der Waals surface area (Å²) < 4.78 is 4.80. The van der Waals surface area contributed by atoms with E-state index in [0.29, 0.717) is 0 Å². The van der Waals surface area contributed by atoms with E-state index >= 15 is 0 Å². The number of esters is 1. The largest absolute Gasteiger partial charge is 0.460 e. The molecule has 0 aliphatic heterocycles. The molecule has 0 saturated heterocycles. The Morgan fingerprint density at radius 2 is 1.60 bits per heavy atom. The Morgan fingerprint density at radius 3 is 1.60 bits per heavy atom. The first-order valence-electron chi connectivity index (χ1n) is 2.99. The van der Waals surface area contributed by atoms with E-state index in [0.717, 1.165) is 0 Å². The molecule has 0 aromatic rings. The summed E-state index contributed by atoms with van der Waals surface area (Å²) in [6.45, 7) is 6.93. The molecular formula is C7H15ClO2. The van der Waals surface area contributed by atoms with Crippen molar-refractivity contribution in [3.05, 3.63) is 0 Å². The van der Waals surface area contributed by atoms with Crippen LogP contribution in [-0.2, 0) is 9.53 Å². The highest BCUT2D eigenvalue weighted by Crippen LogP contribution is 2.05. The lowest BCUT2D eigenvalue weighted by molar-refractivity contribution is -0.151. The Kier molecular flexibility index (Phi) is 6.89. The lowest BCUT2D eigenvalue weighted by Crippen LogP contribution is -2.21. The third-order valence-corrected chi connectivity index (χ3v) is 0.450. The van der Waals surface area contributed by atoms with Crippen LogP contribution in [0, 0.1) is 0 Å². The lowest BCUT2D eigenvalue weighted by atomic mass is 10.2. The maximum Gasteiger partial charge on any atom is 0.303 e. The van der Waals surface area contributed by atoms with Gasteiger partial charge in [-0.1, -0.05) is 0 Å². The first kappa shape index (κ1) is 12.4. The number of alkyl halides is 1. The van der Waals surface area contributed by atoms with Crippen molar-refractivity contribution >= 4 is 17.6 Å². The standard InChI is InChI=1S/C6H12O2.CH3Cl/c1-5(7)8-6(2,3)4;1-2/h1-4H3;1H3. The van der Waals surface area contributed by atoms with Gasteiger partial charge in [0.25, 0.3) is 0 Å². The fourth-order valence-corrected chi connectivity index (χ4v) is 0.431. The van der Waals surface area contributed by atoms with E-state index in [1.165, 1.54) is 13.3 Å². The molecular weight excluding hydrogens is 152 g/mol. The van der Waals surface area contributed by atoms with Crippen LogP contribution in [0.15, 0.2) is 0 Å². The molecule has 10 heavy (non-hydrogen) atoms. The van der Waals surface area contributed by atoms with Gasteiger partial charge in [0.1, 0.15) is 5.60 Å². The third kappa shape index (κ3) is 15.7. The fourth-order valence-electron chi connectivity index (χ4n) is 0.431. The second-order valence-electron chi connectivity index (χ2n) is 2.71. The van der Waals surface area contributed by atoms with Gasteiger partial charge in [0, 0.05) is 13.3 Å². The third-order valence-electron chi connectivity index (χ3n) is 0.450. The molecule has 0 aromatic heterocycles. The van der Waals surface area contributed by atoms with Crippen LogP contribution in [0.1, 0.15) is 27.7 Å². The minimum atomic E-state index is -0.328. The first-order chi connectivity index (χ1) is 4.42. The first-order valence-corrected chi connectivity index (χ1v) is 3.75. The van der Waals surface area contributed by atoms with Gasteiger partial charge in [-0.3, -0.25) is 4.79 Å². The summed E-state index contributed by atoms with van der Waals surface area (Å²) in [6, 6.07) is 0. The van der Waals surface area contributed by atoms with Crippen molar-refractivity contribution in [2.24, 2.45) is 0 Å². The highest BCUT2D eigenvalue weighted by atomic mass is 35.5. The number of carbonyl (C=O) groups is 1. The molecule has 0 unspecified atom stereocenters. The normalized spacial score (nSPS) is 9.40. The summed E-state index contributed by atoms with van der Waals surface area (Å²) in [7, 11) is 0. The maximum atomic E-state index is 10.2. The predicted molar refractivity (Wildman–Crippen MR) is 43.3 cm³/mol. The summed E-state index contributed by atoms with van der Waals surface area (Å²) in [4.78, 5) is 10.2. The molecule has 0 spiro atoms. The molecule has 0 heterocycles. The molecule has 0 aromatic carbocycles. The van der Waals surface area contributed by atoms with Crippen LogP contribution in [0.4, 0.5) is 0 Å². The van der Waals surface area contributed by atoms with Gasteiger partial charge < -0.3 is 4.74 Å². The molecule has 2 nitrogen and oxygen atoms in total. The number of rotatable bonds is 0. The summed E-state index contributed by atoms with van der Waals surface area (Å²) in [5.74, 6) is -0.225. The number of hydrogen-bond donors (Lipinski definition) is 0. The molecule has 0 N–H and O–H groups in total. The van der Waals surface area contributed by atoms with Crippen molar-refractivity contribution in [1.82, 2.24) is 0 Å². The van der Waals surface area contributed by atoms with Crippen molar-refractivity contribution in [2.75, 3.05) is 6.38 Å². The van der Waals surface area contributed by atoms with E-state index in [1.54, 1.807) is 0 Å². The highest BCUT2D eigenvalue weighted by molar-refractivity contribution is 6.15. The van der Waals surface area contributed by atoms with Crippen LogP contribution in [0.5, 0.6) is 0 Å².